The monoisotopic (exact) mass is 298 g/mol. The van der Waals surface area contributed by atoms with Crippen LogP contribution in [0.4, 0.5) is 13.2 Å². The van der Waals surface area contributed by atoms with E-state index >= 15 is 0 Å². The van der Waals surface area contributed by atoms with E-state index in [1.165, 1.54) is 12.1 Å². The van der Waals surface area contributed by atoms with E-state index in [2.05, 4.69) is 10.7 Å². The molecule has 21 heavy (non-hydrogen) atoms. The molecule has 0 aromatic heterocycles. The van der Waals surface area contributed by atoms with Crippen LogP contribution in [0.3, 0.4) is 0 Å². The molecule has 2 nitrogen and oxygen atoms in total. The van der Waals surface area contributed by atoms with Gasteiger partial charge in [-0.1, -0.05) is 18.1 Å². The molecular weight excluding hydrogens is 281 g/mol. The van der Waals surface area contributed by atoms with Crippen molar-refractivity contribution in [2.45, 2.75) is 44.1 Å². The Morgan fingerprint density at radius 1 is 1.10 bits per heavy atom. The summed E-state index contributed by atoms with van der Waals surface area (Å²) in [4.78, 5) is 0. The Morgan fingerprint density at radius 3 is 2.24 bits per heavy atom. The summed E-state index contributed by atoms with van der Waals surface area (Å²) in [7, 11) is 0. The molecule has 1 aliphatic rings. The van der Waals surface area contributed by atoms with Gasteiger partial charge in [0.15, 0.2) is 0 Å². The first-order valence-corrected chi connectivity index (χ1v) is 6.88. The summed E-state index contributed by atoms with van der Waals surface area (Å²) >= 11 is 0. The van der Waals surface area contributed by atoms with Crippen LogP contribution in [0.15, 0.2) is 24.3 Å². The summed E-state index contributed by atoms with van der Waals surface area (Å²) in [5.41, 5.74) is 1.04. The lowest BCUT2D eigenvalue weighted by molar-refractivity contribution is -0.274. The van der Waals surface area contributed by atoms with Crippen LogP contribution in [0.5, 0.6) is 5.75 Å². The van der Waals surface area contributed by atoms with Crippen molar-refractivity contribution in [1.82, 2.24) is 0 Å². The van der Waals surface area contributed by atoms with Gasteiger partial charge in [0.2, 0.25) is 0 Å². The molecule has 0 bridgehead atoms. The standard InChI is InChI=1S/C16H17F3O2/c1-2-11-20-14-7-3-12(4-8-14)13-5-9-15(10-6-13)21-16(17,18)19/h1,5-6,9-10,12,14H,3-4,7-8,11H2. The van der Waals surface area contributed by atoms with Crippen molar-refractivity contribution in [3.63, 3.8) is 0 Å². The molecule has 0 radical (unpaired) electrons. The average Bonchev–Trinajstić information content (AvgIpc) is 2.45. The van der Waals surface area contributed by atoms with Crippen molar-refractivity contribution in [3.8, 4) is 18.1 Å². The summed E-state index contributed by atoms with van der Waals surface area (Å²) in [5, 5.41) is 0. The molecule has 5 heteroatoms. The van der Waals surface area contributed by atoms with Gasteiger partial charge < -0.3 is 9.47 Å². The van der Waals surface area contributed by atoms with Gasteiger partial charge in [0.25, 0.3) is 0 Å². The minimum Gasteiger partial charge on any atom is -0.406 e. The van der Waals surface area contributed by atoms with Gasteiger partial charge in [-0.2, -0.15) is 0 Å². The summed E-state index contributed by atoms with van der Waals surface area (Å²) in [5.74, 6) is 2.63. The molecule has 1 aromatic carbocycles. The first-order chi connectivity index (χ1) is 9.98. The second-order valence-electron chi connectivity index (χ2n) is 5.11. The predicted octanol–water partition coefficient (Wildman–Crippen LogP) is 4.26. The van der Waals surface area contributed by atoms with Crippen molar-refractivity contribution >= 4 is 0 Å². The van der Waals surface area contributed by atoms with Gasteiger partial charge >= 0.3 is 6.36 Å². The van der Waals surface area contributed by atoms with Gasteiger partial charge in [-0.15, -0.1) is 19.6 Å². The number of hydrogen-bond acceptors (Lipinski definition) is 2. The van der Waals surface area contributed by atoms with Crippen molar-refractivity contribution in [1.29, 1.82) is 0 Å². The Labute approximate surface area is 122 Å². The zero-order valence-corrected chi connectivity index (χ0v) is 11.5. The number of alkyl halides is 3. The van der Waals surface area contributed by atoms with Gasteiger partial charge in [0.1, 0.15) is 12.4 Å². The highest BCUT2D eigenvalue weighted by atomic mass is 19.4. The fraction of sp³-hybridized carbons (Fsp3) is 0.500. The van der Waals surface area contributed by atoms with E-state index < -0.39 is 6.36 Å². The summed E-state index contributed by atoms with van der Waals surface area (Å²) in [6.45, 7) is 0.332. The van der Waals surface area contributed by atoms with Crippen molar-refractivity contribution in [2.24, 2.45) is 0 Å². The third kappa shape index (κ3) is 4.98. The lowest BCUT2D eigenvalue weighted by atomic mass is 9.83. The molecule has 0 heterocycles. The maximum atomic E-state index is 12.1. The largest absolute Gasteiger partial charge is 0.573 e. The van der Waals surface area contributed by atoms with Gasteiger partial charge in [-0.3, -0.25) is 0 Å². The summed E-state index contributed by atoms with van der Waals surface area (Å²) in [6, 6.07) is 6.14. The van der Waals surface area contributed by atoms with Crippen molar-refractivity contribution in [3.05, 3.63) is 29.8 Å². The van der Waals surface area contributed by atoms with Crippen LogP contribution in [-0.4, -0.2) is 19.1 Å². The maximum Gasteiger partial charge on any atom is 0.573 e. The highest BCUT2D eigenvalue weighted by Crippen LogP contribution is 2.35. The van der Waals surface area contributed by atoms with Crippen LogP contribution < -0.4 is 4.74 Å². The Hall–Kier alpha value is -1.67. The average molecular weight is 298 g/mol. The maximum absolute atomic E-state index is 12.1. The number of benzene rings is 1. The zero-order chi connectivity index (χ0) is 15.3. The van der Waals surface area contributed by atoms with E-state index in [0.29, 0.717) is 12.5 Å². The highest BCUT2D eigenvalue weighted by Gasteiger charge is 2.31. The molecular formula is C16H17F3O2. The highest BCUT2D eigenvalue weighted by molar-refractivity contribution is 5.29. The second-order valence-corrected chi connectivity index (χ2v) is 5.11. The third-order valence-corrected chi connectivity index (χ3v) is 3.66. The van der Waals surface area contributed by atoms with E-state index in [9.17, 15) is 13.2 Å². The van der Waals surface area contributed by atoms with Crippen molar-refractivity contribution < 1.29 is 22.6 Å². The molecule has 1 fully saturated rings. The fourth-order valence-corrected chi connectivity index (χ4v) is 2.67. The lowest BCUT2D eigenvalue weighted by Gasteiger charge is -2.28. The molecule has 0 saturated heterocycles. The Kier molecular flexibility index (Phi) is 5.13. The van der Waals surface area contributed by atoms with Gasteiger partial charge in [0, 0.05) is 0 Å². The molecule has 1 saturated carbocycles. The van der Waals surface area contributed by atoms with E-state index in [1.54, 1.807) is 12.1 Å². The molecule has 1 aromatic rings. The summed E-state index contributed by atoms with van der Waals surface area (Å²) < 4.78 is 45.6. The molecule has 1 aliphatic carbocycles. The van der Waals surface area contributed by atoms with E-state index in [0.717, 1.165) is 31.2 Å². The second kappa shape index (κ2) is 6.86. The van der Waals surface area contributed by atoms with Crippen molar-refractivity contribution in [2.75, 3.05) is 6.61 Å². The van der Waals surface area contributed by atoms with Crippen LogP contribution in [-0.2, 0) is 4.74 Å². The topological polar surface area (TPSA) is 18.5 Å². The van der Waals surface area contributed by atoms with Crippen LogP contribution in [0, 0.1) is 12.3 Å². The molecule has 2 rings (SSSR count). The van der Waals surface area contributed by atoms with Gasteiger partial charge in [0.05, 0.1) is 6.10 Å². The Morgan fingerprint density at radius 2 is 1.71 bits per heavy atom. The molecule has 0 amide bonds. The third-order valence-electron chi connectivity index (χ3n) is 3.66. The summed E-state index contributed by atoms with van der Waals surface area (Å²) in [6.07, 6.45) is 4.46. The van der Waals surface area contributed by atoms with E-state index in [-0.39, 0.29) is 11.9 Å². The first-order valence-electron chi connectivity index (χ1n) is 6.88. The molecule has 0 aliphatic heterocycles. The number of rotatable bonds is 4. The van der Waals surface area contributed by atoms with Crippen LogP contribution in [0.1, 0.15) is 37.2 Å². The lowest BCUT2D eigenvalue weighted by Crippen LogP contribution is -2.21. The SMILES string of the molecule is C#CCOC1CCC(c2ccc(OC(F)(F)F)cc2)CC1. The van der Waals surface area contributed by atoms with Crippen LogP contribution in [0.25, 0.3) is 0 Å². The first kappa shape index (κ1) is 15.7. The quantitative estimate of drug-likeness (QED) is 0.773. The Balaban J connectivity index is 1.88. The molecule has 0 N–H and O–H groups in total. The van der Waals surface area contributed by atoms with Crippen LogP contribution >= 0.6 is 0 Å². The van der Waals surface area contributed by atoms with E-state index in [4.69, 9.17) is 11.2 Å². The normalized spacial score (nSPS) is 22.6. The predicted molar refractivity (Wildman–Crippen MR) is 72.9 cm³/mol. The minimum absolute atomic E-state index is 0.183. The zero-order valence-electron chi connectivity index (χ0n) is 11.5. The fourth-order valence-electron chi connectivity index (χ4n) is 2.67. The molecule has 0 unspecified atom stereocenters. The van der Waals surface area contributed by atoms with Gasteiger partial charge in [-0.25, -0.2) is 0 Å². The smallest absolute Gasteiger partial charge is 0.406 e. The Bertz CT molecular complexity index is 480. The number of halogens is 3. The number of ether oxygens (including phenoxy) is 2. The number of hydrogen-bond donors (Lipinski definition) is 0. The van der Waals surface area contributed by atoms with Crippen LogP contribution in [0.2, 0.25) is 0 Å². The molecule has 0 spiro atoms. The molecule has 114 valence electrons. The minimum atomic E-state index is -4.64. The van der Waals surface area contributed by atoms with E-state index in [1.807, 2.05) is 0 Å². The molecule has 0 atom stereocenters. The van der Waals surface area contributed by atoms with Gasteiger partial charge in [-0.05, 0) is 49.3 Å². The number of terminal acetylenes is 1.